The van der Waals surface area contributed by atoms with Crippen molar-refractivity contribution in [2.24, 2.45) is 0 Å². The molecule has 0 aliphatic carbocycles. The Labute approximate surface area is 158 Å². The number of nitrogens with one attached hydrogen (secondary N) is 2. The monoisotopic (exact) mass is 355 g/mol. The fraction of sp³-hybridized carbons (Fsp3) is 0.217. The summed E-state index contributed by atoms with van der Waals surface area (Å²) < 4.78 is 0. The maximum atomic E-state index is 12.5. The van der Waals surface area contributed by atoms with Crippen LogP contribution in [-0.4, -0.2) is 10.9 Å². The second-order valence-corrected chi connectivity index (χ2v) is 7.98. The van der Waals surface area contributed by atoms with E-state index in [0.717, 1.165) is 39.0 Å². The van der Waals surface area contributed by atoms with Crippen LogP contribution in [0.5, 0.6) is 0 Å². The molecular formula is C23H21N3O. The molecule has 2 aromatic carbocycles. The van der Waals surface area contributed by atoms with Gasteiger partial charge in [-0.1, -0.05) is 32.9 Å². The van der Waals surface area contributed by atoms with Gasteiger partial charge in [0.25, 0.3) is 0 Å². The Hall–Kier alpha value is -3.32. The molecule has 0 saturated heterocycles. The highest BCUT2D eigenvalue weighted by atomic mass is 16.1. The molecule has 0 bridgehead atoms. The van der Waals surface area contributed by atoms with Gasteiger partial charge in [0.1, 0.15) is 0 Å². The summed E-state index contributed by atoms with van der Waals surface area (Å²) in [5.41, 5.74) is 6.97. The predicted octanol–water partition coefficient (Wildman–Crippen LogP) is 5.16. The van der Waals surface area contributed by atoms with Gasteiger partial charge in [-0.25, -0.2) is 0 Å². The SMILES string of the molecule is CC(C)(C)c1ccc2[nH]c3c(c2c1)CC(=O)Nc1ccc(/C=C/C#N)cc1-3. The third-order valence-electron chi connectivity index (χ3n) is 5.05. The van der Waals surface area contributed by atoms with Crippen molar-refractivity contribution < 1.29 is 4.79 Å². The average Bonchev–Trinajstić information content (AvgIpc) is 2.90. The summed E-state index contributed by atoms with van der Waals surface area (Å²) in [6.45, 7) is 6.57. The highest BCUT2D eigenvalue weighted by molar-refractivity contribution is 6.05. The van der Waals surface area contributed by atoms with Gasteiger partial charge in [0.05, 0.1) is 23.9 Å². The van der Waals surface area contributed by atoms with Crippen LogP contribution in [0.15, 0.2) is 42.5 Å². The van der Waals surface area contributed by atoms with Crippen molar-refractivity contribution in [3.63, 3.8) is 0 Å². The van der Waals surface area contributed by atoms with Crippen LogP contribution in [-0.2, 0) is 16.6 Å². The molecule has 0 unspecified atom stereocenters. The summed E-state index contributed by atoms with van der Waals surface area (Å²) in [4.78, 5) is 16.0. The molecule has 2 N–H and O–H groups in total. The number of amides is 1. The molecule has 0 spiro atoms. The van der Waals surface area contributed by atoms with Crippen molar-refractivity contribution in [2.75, 3.05) is 5.32 Å². The second kappa shape index (κ2) is 6.14. The maximum absolute atomic E-state index is 12.5. The summed E-state index contributed by atoms with van der Waals surface area (Å²) in [5, 5.41) is 12.9. The summed E-state index contributed by atoms with van der Waals surface area (Å²) >= 11 is 0. The average molecular weight is 355 g/mol. The Morgan fingerprint density at radius 2 is 1.96 bits per heavy atom. The number of benzene rings is 2. The van der Waals surface area contributed by atoms with E-state index in [2.05, 4.69) is 49.3 Å². The van der Waals surface area contributed by atoms with E-state index in [-0.39, 0.29) is 11.3 Å². The van der Waals surface area contributed by atoms with E-state index in [1.807, 2.05) is 24.3 Å². The molecule has 0 atom stereocenters. The van der Waals surface area contributed by atoms with Crippen molar-refractivity contribution >= 4 is 28.6 Å². The minimum Gasteiger partial charge on any atom is -0.354 e. The van der Waals surface area contributed by atoms with Crippen molar-refractivity contribution in [3.8, 4) is 17.3 Å². The number of allylic oxidation sites excluding steroid dienone is 1. The van der Waals surface area contributed by atoms with Crippen LogP contribution in [0.25, 0.3) is 28.2 Å². The number of fused-ring (bicyclic) bond motifs is 5. The number of rotatable bonds is 1. The number of nitriles is 1. The Balaban J connectivity index is 1.97. The molecule has 4 rings (SSSR count). The minimum atomic E-state index is -0.0163. The fourth-order valence-electron chi connectivity index (χ4n) is 3.60. The largest absolute Gasteiger partial charge is 0.354 e. The van der Waals surface area contributed by atoms with Crippen LogP contribution >= 0.6 is 0 Å². The van der Waals surface area contributed by atoms with E-state index in [4.69, 9.17) is 5.26 Å². The topological polar surface area (TPSA) is 68.7 Å². The quantitative estimate of drug-likeness (QED) is 0.592. The number of nitrogens with zero attached hydrogens (tertiary/aromatic N) is 1. The van der Waals surface area contributed by atoms with Gasteiger partial charge < -0.3 is 10.3 Å². The molecule has 1 aliphatic rings. The maximum Gasteiger partial charge on any atom is 0.228 e. The summed E-state index contributed by atoms with van der Waals surface area (Å²) in [5.74, 6) is -0.0163. The van der Waals surface area contributed by atoms with Crippen LogP contribution in [0.4, 0.5) is 5.69 Å². The first kappa shape index (κ1) is 17.1. The van der Waals surface area contributed by atoms with Crippen LogP contribution in [0.1, 0.15) is 37.5 Å². The lowest BCUT2D eigenvalue weighted by atomic mass is 9.86. The first-order valence-electron chi connectivity index (χ1n) is 9.02. The molecule has 0 saturated carbocycles. The first-order valence-corrected chi connectivity index (χ1v) is 9.02. The lowest BCUT2D eigenvalue weighted by Gasteiger charge is -2.19. The van der Waals surface area contributed by atoms with Crippen molar-refractivity contribution in [3.05, 3.63) is 59.2 Å². The van der Waals surface area contributed by atoms with E-state index in [0.29, 0.717) is 6.42 Å². The molecule has 0 radical (unpaired) electrons. The lowest BCUT2D eigenvalue weighted by Crippen LogP contribution is -2.13. The molecule has 1 aromatic heterocycles. The summed E-state index contributed by atoms with van der Waals surface area (Å²) in [6, 6.07) is 14.3. The third-order valence-corrected chi connectivity index (χ3v) is 5.05. The molecule has 4 heteroatoms. The van der Waals surface area contributed by atoms with E-state index >= 15 is 0 Å². The zero-order valence-electron chi connectivity index (χ0n) is 15.7. The standard InChI is InChI=1S/C23H21N3O/c1-23(2,3)15-7-9-19-16(12-15)17-13-21(27)25-20-8-6-14(5-4-10-24)11-18(20)22(17)26-19/h4-9,11-12,26H,13H2,1-3H3,(H,25,27)/b5-4+. The minimum absolute atomic E-state index is 0.0163. The molecule has 1 aliphatic heterocycles. The van der Waals surface area contributed by atoms with Crippen LogP contribution in [0.3, 0.4) is 0 Å². The normalized spacial score (nSPS) is 13.8. The number of hydrogen-bond donors (Lipinski definition) is 2. The number of anilines is 1. The predicted molar refractivity (Wildman–Crippen MR) is 109 cm³/mol. The van der Waals surface area contributed by atoms with Crippen molar-refractivity contribution in [2.45, 2.75) is 32.6 Å². The van der Waals surface area contributed by atoms with Crippen molar-refractivity contribution in [1.82, 2.24) is 4.98 Å². The van der Waals surface area contributed by atoms with E-state index in [9.17, 15) is 4.79 Å². The van der Waals surface area contributed by atoms with Gasteiger partial charge in [-0.2, -0.15) is 5.26 Å². The van der Waals surface area contributed by atoms with Crippen molar-refractivity contribution in [1.29, 1.82) is 5.26 Å². The molecule has 1 amide bonds. The smallest absolute Gasteiger partial charge is 0.228 e. The molecular weight excluding hydrogens is 334 g/mol. The number of carbonyl (C=O) groups is 1. The van der Waals surface area contributed by atoms with Gasteiger partial charge in [-0.15, -0.1) is 0 Å². The van der Waals surface area contributed by atoms with Crippen LogP contribution in [0.2, 0.25) is 0 Å². The number of aromatic amines is 1. The molecule has 134 valence electrons. The molecule has 0 fully saturated rings. The van der Waals surface area contributed by atoms with Gasteiger partial charge in [-0.05, 0) is 52.4 Å². The Morgan fingerprint density at radius 3 is 2.70 bits per heavy atom. The van der Waals surface area contributed by atoms with Gasteiger partial charge in [0.2, 0.25) is 5.91 Å². The van der Waals surface area contributed by atoms with E-state index < -0.39 is 0 Å². The van der Waals surface area contributed by atoms with E-state index in [1.54, 1.807) is 6.08 Å². The number of carbonyl (C=O) groups excluding carboxylic acids is 1. The highest BCUT2D eigenvalue weighted by Crippen LogP contribution is 2.39. The fourth-order valence-corrected chi connectivity index (χ4v) is 3.60. The zero-order chi connectivity index (χ0) is 19.2. The Bertz CT molecular complexity index is 1140. The summed E-state index contributed by atoms with van der Waals surface area (Å²) in [7, 11) is 0. The Morgan fingerprint density at radius 1 is 1.15 bits per heavy atom. The van der Waals surface area contributed by atoms with Gasteiger partial charge in [0.15, 0.2) is 0 Å². The lowest BCUT2D eigenvalue weighted by molar-refractivity contribution is -0.115. The van der Waals surface area contributed by atoms with E-state index in [1.165, 1.54) is 11.6 Å². The summed E-state index contributed by atoms with van der Waals surface area (Å²) in [6.07, 6.45) is 3.56. The Kier molecular flexibility index (Phi) is 3.89. The molecule has 3 aromatic rings. The number of aromatic nitrogens is 1. The second-order valence-electron chi connectivity index (χ2n) is 7.98. The zero-order valence-corrected chi connectivity index (χ0v) is 15.7. The van der Waals surface area contributed by atoms with Gasteiger partial charge in [-0.3, -0.25) is 4.79 Å². The van der Waals surface area contributed by atoms with Gasteiger partial charge in [0, 0.05) is 22.5 Å². The van der Waals surface area contributed by atoms with Crippen LogP contribution < -0.4 is 5.32 Å². The first-order chi connectivity index (χ1) is 12.9. The number of H-pyrrole nitrogens is 1. The van der Waals surface area contributed by atoms with Gasteiger partial charge >= 0.3 is 0 Å². The molecule has 2 heterocycles. The highest BCUT2D eigenvalue weighted by Gasteiger charge is 2.24. The molecule has 4 nitrogen and oxygen atoms in total. The van der Waals surface area contributed by atoms with Crippen LogP contribution in [0, 0.1) is 11.3 Å². The number of hydrogen-bond acceptors (Lipinski definition) is 2. The molecule has 27 heavy (non-hydrogen) atoms. The third kappa shape index (κ3) is 3.02.